The van der Waals surface area contributed by atoms with Gasteiger partial charge in [-0.3, -0.25) is 4.79 Å². The number of aryl methyl sites for hydroxylation is 1. The van der Waals surface area contributed by atoms with Gasteiger partial charge in [0.15, 0.2) is 0 Å². The SMILES string of the molecule is NCc1nc(C(=O)NCCCc2c[nH]c3ccccc23)cs1. The van der Waals surface area contributed by atoms with Crippen molar-refractivity contribution >= 4 is 28.1 Å². The lowest BCUT2D eigenvalue weighted by Crippen LogP contribution is -2.25. The molecule has 114 valence electrons. The van der Waals surface area contributed by atoms with E-state index in [0.29, 0.717) is 18.8 Å². The first kappa shape index (κ1) is 14.7. The molecule has 0 aliphatic carbocycles. The second kappa shape index (κ2) is 6.72. The van der Waals surface area contributed by atoms with Gasteiger partial charge in [0.2, 0.25) is 0 Å². The van der Waals surface area contributed by atoms with Crippen LogP contribution in [0.4, 0.5) is 0 Å². The van der Waals surface area contributed by atoms with E-state index in [-0.39, 0.29) is 5.91 Å². The van der Waals surface area contributed by atoms with Crippen LogP contribution in [0.15, 0.2) is 35.8 Å². The molecule has 6 heteroatoms. The smallest absolute Gasteiger partial charge is 0.270 e. The third-order valence-corrected chi connectivity index (χ3v) is 4.41. The summed E-state index contributed by atoms with van der Waals surface area (Å²) in [6, 6.07) is 8.24. The molecular weight excluding hydrogens is 296 g/mol. The fourth-order valence-electron chi connectivity index (χ4n) is 2.42. The van der Waals surface area contributed by atoms with Gasteiger partial charge >= 0.3 is 0 Å². The van der Waals surface area contributed by atoms with E-state index >= 15 is 0 Å². The lowest BCUT2D eigenvalue weighted by molar-refractivity contribution is 0.0949. The molecule has 0 unspecified atom stereocenters. The van der Waals surface area contributed by atoms with Crippen LogP contribution in [0.25, 0.3) is 10.9 Å². The number of fused-ring (bicyclic) bond motifs is 1. The van der Waals surface area contributed by atoms with Crippen molar-refractivity contribution in [2.24, 2.45) is 5.73 Å². The van der Waals surface area contributed by atoms with Crippen molar-refractivity contribution in [3.8, 4) is 0 Å². The van der Waals surface area contributed by atoms with Crippen LogP contribution in [0.2, 0.25) is 0 Å². The minimum absolute atomic E-state index is 0.130. The lowest BCUT2D eigenvalue weighted by atomic mass is 10.1. The Morgan fingerprint density at radius 3 is 3.05 bits per heavy atom. The number of amides is 1. The summed E-state index contributed by atoms with van der Waals surface area (Å²) in [6.45, 7) is 1.01. The Balaban J connectivity index is 1.50. The number of hydrogen-bond donors (Lipinski definition) is 3. The van der Waals surface area contributed by atoms with Crippen LogP contribution in [0.3, 0.4) is 0 Å². The normalized spacial score (nSPS) is 11.0. The molecule has 4 N–H and O–H groups in total. The lowest BCUT2D eigenvalue weighted by Gasteiger charge is -2.03. The quantitative estimate of drug-likeness (QED) is 0.611. The summed E-state index contributed by atoms with van der Waals surface area (Å²) < 4.78 is 0. The molecule has 0 atom stereocenters. The zero-order chi connectivity index (χ0) is 15.4. The van der Waals surface area contributed by atoms with Crippen molar-refractivity contribution in [2.75, 3.05) is 6.54 Å². The maximum atomic E-state index is 11.9. The van der Waals surface area contributed by atoms with Crippen LogP contribution < -0.4 is 11.1 Å². The van der Waals surface area contributed by atoms with Gasteiger partial charge in [0, 0.05) is 35.6 Å². The van der Waals surface area contributed by atoms with E-state index in [0.717, 1.165) is 23.4 Å². The van der Waals surface area contributed by atoms with Gasteiger partial charge in [-0.25, -0.2) is 4.98 Å². The van der Waals surface area contributed by atoms with Crippen LogP contribution in [-0.4, -0.2) is 22.4 Å². The van der Waals surface area contributed by atoms with E-state index < -0.39 is 0 Å². The van der Waals surface area contributed by atoms with Crippen LogP contribution in [-0.2, 0) is 13.0 Å². The first-order valence-corrected chi connectivity index (χ1v) is 8.13. The highest BCUT2D eigenvalue weighted by molar-refractivity contribution is 7.09. The molecule has 3 rings (SSSR count). The number of aromatic nitrogens is 2. The van der Waals surface area contributed by atoms with E-state index in [1.165, 1.54) is 22.3 Å². The summed E-state index contributed by atoms with van der Waals surface area (Å²) in [5.74, 6) is -0.130. The standard InChI is InChI=1S/C16H18N4OS/c17-8-15-20-14(10-22-15)16(21)18-7-3-4-11-9-19-13-6-2-1-5-12(11)13/h1-2,5-6,9-10,19H,3-4,7-8,17H2,(H,18,21). The molecule has 0 aliphatic rings. The Hall–Kier alpha value is -2.18. The highest BCUT2D eigenvalue weighted by Gasteiger charge is 2.09. The fraction of sp³-hybridized carbons (Fsp3) is 0.250. The number of nitrogens with two attached hydrogens (primary N) is 1. The Kier molecular flexibility index (Phi) is 4.50. The Morgan fingerprint density at radius 1 is 1.36 bits per heavy atom. The summed E-state index contributed by atoms with van der Waals surface area (Å²) in [5.41, 5.74) is 8.39. The minimum atomic E-state index is -0.130. The summed E-state index contributed by atoms with van der Waals surface area (Å²) in [7, 11) is 0. The minimum Gasteiger partial charge on any atom is -0.361 e. The van der Waals surface area contributed by atoms with Crippen molar-refractivity contribution in [3.05, 3.63) is 52.1 Å². The molecule has 22 heavy (non-hydrogen) atoms. The molecule has 2 aromatic heterocycles. The molecule has 0 fully saturated rings. The van der Waals surface area contributed by atoms with Crippen molar-refractivity contribution in [2.45, 2.75) is 19.4 Å². The second-order valence-electron chi connectivity index (χ2n) is 5.05. The van der Waals surface area contributed by atoms with Crippen molar-refractivity contribution in [1.29, 1.82) is 0 Å². The first-order chi connectivity index (χ1) is 10.8. The summed E-state index contributed by atoms with van der Waals surface area (Å²) >= 11 is 1.42. The van der Waals surface area contributed by atoms with E-state index in [1.807, 2.05) is 18.3 Å². The van der Waals surface area contributed by atoms with Crippen LogP contribution in [0, 0.1) is 0 Å². The number of nitrogens with zero attached hydrogens (tertiary/aromatic N) is 1. The number of carbonyl (C=O) groups is 1. The number of benzene rings is 1. The average molecular weight is 314 g/mol. The van der Waals surface area contributed by atoms with Gasteiger partial charge in [-0.05, 0) is 24.5 Å². The highest BCUT2D eigenvalue weighted by atomic mass is 32.1. The third-order valence-electron chi connectivity index (χ3n) is 3.54. The number of H-pyrrole nitrogens is 1. The summed E-state index contributed by atoms with van der Waals surface area (Å²) in [6.07, 6.45) is 3.86. The van der Waals surface area contributed by atoms with Gasteiger partial charge in [-0.2, -0.15) is 0 Å². The largest absolute Gasteiger partial charge is 0.361 e. The first-order valence-electron chi connectivity index (χ1n) is 7.25. The number of thiazole rings is 1. The molecule has 1 amide bonds. The topological polar surface area (TPSA) is 83.8 Å². The molecule has 3 aromatic rings. The molecule has 2 heterocycles. The van der Waals surface area contributed by atoms with E-state index in [2.05, 4.69) is 27.4 Å². The number of nitrogens with one attached hydrogen (secondary N) is 2. The number of carbonyl (C=O) groups excluding carboxylic acids is 1. The van der Waals surface area contributed by atoms with Gasteiger partial charge in [0.25, 0.3) is 5.91 Å². The van der Waals surface area contributed by atoms with Crippen molar-refractivity contribution < 1.29 is 4.79 Å². The zero-order valence-corrected chi connectivity index (χ0v) is 13.0. The van der Waals surface area contributed by atoms with Crippen LogP contribution in [0.5, 0.6) is 0 Å². The van der Waals surface area contributed by atoms with E-state index in [4.69, 9.17) is 5.73 Å². The molecule has 0 aliphatic heterocycles. The average Bonchev–Trinajstić information content (AvgIpc) is 3.18. The van der Waals surface area contributed by atoms with Crippen LogP contribution in [0.1, 0.15) is 27.5 Å². The Bertz CT molecular complexity index is 777. The highest BCUT2D eigenvalue weighted by Crippen LogP contribution is 2.18. The fourth-order valence-corrected chi connectivity index (χ4v) is 3.07. The summed E-state index contributed by atoms with van der Waals surface area (Å²) in [5, 5.41) is 6.68. The molecule has 0 saturated carbocycles. The molecular formula is C16H18N4OS. The van der Waals surface area contributed by atoms with E-state index in [1.54, 1.807) is 5.38 Å². The van der Waals surface area contributed by atoms with Gasteiger partial charge < -0.3 is 16.0 Å². The Morgan fingerprint density at radius 2 is 2.23 bits per heavy atom. The molecule has 1 aromatic carbocycles. The van der Waals surface area contributed by atoms with Crippen molar-refractivity contribution in [3.63, 3.8) is 0 Å². The predicted molar refractivity (Wildman–Crippen MR) is 89.0 cm³/mol. The number of para-hydroxylation sites is 1. The van der Waals surface area contributed by atoms with Crippen molar-refractivity contribution in [1.82, 2.24) is 15.3 Å². The van der Waals surface area contributed by atoms with Crippen LogP contribution >= 0.6 is 11.3 Å². The number of aromatic amines is 1. The molecule has 0 spiro atoms. The third kappa shape index (κ3) is 3.18. The zero-order valence-electron chi connectivity index (χ0n) is 12.1. The predicted octanol–water partition coefficient (Wildman–Crippen LogP) is 2.45. The second-order valence-corrected chi connectivity index (χ2v) is 5.99. The monoisotopic (exact) mass is 314 g/mol. The maximum Gasteiger partial charge on any atom is 0.270 e. The Labute approximate surface area is 132 Å². The molecule has 0 radical (unpaired) electrons. The van der Waals surface area contributed by atoms with Gasteiger partial charge in [0.1, 0.15) is 10.7 Å². The molecule has 5 nitrogen and oxygen atoms in total. The summed E-state index contributed by atoms with van der Waals surface area (Å²) in [4.78, 5) is 19.4. The van der Waals surface area contributed by atoms with E-state index in [9.17, 15) is 4.79 Å². The molecule has 0 saturated heterocycles. The van der Waals surface area contributed by atoms with Gasteiger partial charge in [0.05, 0.1) is 0 Å². The van der Waals surface area contributed by atoms with Gasteiger partial charge in [-0.1, -0.05) is 18.2 Å². The molecule has 0 bridgehead atoms. The number of hydrogen-bond acceptors (Lipinski definition) is 4. The maximum absolute atomic E-state index is 11.9. The number of rotatable bonds is 6. The van der Waals surface area contributed by atoms with Gasteiger partial charge in [-0.15, -0.1) is 11.3 Å².